The zero-order valence-corrected chi connectivity index (χ0v) is 13.2. The molecule has 0 aliphatic carbocycles. The van der Waals surface area contributed by atoms with Crippen molar-refractivity contribution in [2.75, 3.05) is 6.61 Å². The van der Waals surface area contributed by atoms with Crippen LogP contribution < -0.4 is 10.5 Å². The molecule has 0 spiro atoms. The molecule has 2 rings (SSSR count). The van der Waals surface area contributed by atoms with Crippen LogP contribution in [-0.4, -0.2) is 6.61 Å². The largest absolute Gasteiger partial charge is 0.494 e. The van der Waals surface area contributed by atoms with Crippen molar-refractivity contribution in [2.24, 2.45) is 11.7 Å². The van der Waals surface area contributed by atoms with E-state index in [1.807, 2.05) is 25.1 Å². The zero-order valence-electron chi connectivity index (χ0n) is 13.2. The van der Waals surface area contributed by atoms with Crippen molar-refractivity contribution >= 4 is 0 Å². The van der Waals surface area contributed by atoms with E-state index >= 15 is 0 Å². The Hall–Kier alpha value is -1.80. The molecule has 0 heterocycles. The van der Waals surface area contributed by atoms with Crippen LogP contribution in [0.25, 0.3) is 0 Å². The molecular formula is C19H25NO. The van der Waals surface area contributed by atoms with E-state index in [-0.39, 0.29) is 6.04 Å². The van der Waals surface area contributed by atoms with Gasteiger partial charge in [-0.2, -0.15) is 0 Å². The number of nitrogens with two attached hydrogens (primary N) is 1. The third-order valence-corrected chi connectivity index (χ3v) is 3.48. The van der Waals surface area contributed by atoms with E-state index in [9.17, 15) is 0 Å². The van der Waals surface area contributed by atoms with E-state index in [1.165, 1.54) is 5.56 Å². The van der Waals surface area contributed by atoms with Gasteiger partial charge in [0, 0.05) is 0 Å². The average molecular weight is 283 g/mol. The molecular weight excluding hydrogens is 258 g/mol. The number of ether oxygens (including phenoxy) is 1. The summed E-state index contributed by atoms with van der Waals surface area (Å²) in [7, 11) is 0. The standard InChI is InChI=1S/C19H25NO/c1-4-21-18-10-6-9-17(13-18)19(20)16-8-5-7-15(12-16)11-14(2)3/h5-10,12-14,19H,4,11,20H2,1-3H3. The van der Waals surface area contributed by atoms with Gasteiger partial charge in [-0.25, -0.2) is 0 Å². The fourth-order valence-electron chi connectivity index (χ4n) is 2.54. The molecule has 0 aromatic heterocycles. The van der Waals surface area contributed by atoms with Gasteiger partial charge in [0.2, 0.25) is 0 Å². The van der Waals surface area contributed by atoms with Crippen LogP contribution in [0.1, 0.15) is 43.5 Å². The third kappa shape index (κ3) is 4.33. The lowest BCUT2D eigenvalue weighted by molar-refractivity contribution is 0.340. The Morgan fingerprint density at radius 3 is 2.33 bits per heavy atom. The summed E-state index contributed by atoms with van der Waals surface area (Å²) in [5.41, 5.74) is 10.0. The van der Waals surface area contributed by atoms with Gasteiger partial charge in [-0.15, -0.1) is 0 Å². The highest BCUT2D eigenvalue weighted by Gasteiger charge is 2.10. The van der Waals surface area contributed by atoms with Crippen molar-refractivity contribution in [1.82, 2.24) is 0 Å². The molecule has 1 atom stereocenters. The summed E-state index contributed by atoms with van der Waals surface area (Å²) in [4.78, 5) is 0. The molecule has 0 radical (unpaired) electrons. The second-order valence-corrected chi connectivity index (χ2v) is 5.83. The molecule has 0 bridgehead atoms. The van der Waals surface area contributed by atoms with Gasteiger partial charge in [-0.05, 0) is 48.1 Å². The SMILES string of the molecule is CCOc1cccc(C(N)c2cccc(CC(C)C)c2)c1. The van der Waals surface area contributed by atoms with Crippen molar-refractivity contribution in [3.63, 3.8) is 0 Å². The summed E-state index contributed by atoms with van der Waals surface area (Å²) in [6.45, 7) is 7.13. The average Bonchev–Trinajstić information content (AvgIpc) is 2.47. The van der Waals surface area contributed by atoms with E-state index in [2.05, 4.69) is 44.2 Å². The molecule has 0 aliphatic heterocycles. The van der Waals surface area contributed by atoms with Crippen molar-refractivity contribution in [1.29, 1.82) is 0 Å². The van der Waals surface area contributed by atoms with E-state index in [1.54, 1.807) is 0 Å². The lowest BCUT2D eigenvalue weighted by Crippen LogP contribution is -2.12. The van der Waals surface area contributed by atoms with E-state index in [0.717, 1.165) is 23.3 Å². The molecule has 2 nitrogen and oxygen atoms in total. The first kappa shape index (κ1) is 15.6. The van der Waals surface area contributed by atoms with E-state index < -0.39 is 0 Å². The van der Waals surface area contributed by atoms with Crippen LogP contribution in [0.5, 0.6) is 5.75 Å². The third-order valence-electron chi connectivity index (χ3n) is 3.48. The molecule has 0 fully saturated rings. The first-order valence-corrected chi connectivity index (χ1v) is 7.67. The van der Waals surface area contributed by atoms with Crippen LogP contribution >= 0.6 is 0 Å². The fourth-order valence-corrected chi connectivity index (χ4v) is 2.54. The minimum atomic E-state index is -0.113. The Morgan fingerprint density at radius 2 is 1.67 bits per heavy atom. The molecule has 112 valence electrons. The molecule has 0 saturated carbocycles. The number of benzene rings is 2. The second-order valence-electron chi connectivity index (χ2n) is 5.83. The van der Waals surface area contributed by atoms with Gasteiger partial charge in [0.25, 0.3) is 0 Å². The van der Waals surface area contributed by atoms with Crippen molar-refractivity contribution in [3.8, 4) is 5.75 Å². The van der Waals surface area contributed by atoms with Crippen molar-refractivity contribution in [2.45, 2.75) is 33.2 Å². The van der Waals surface area contributed by atoms with E-state index in [0.29, 0.717) is 12.5 Å². The van der Waals surface area contributed by atoms with Gasteiger partial charge in [0.05, 0.1) is 12.6 Å². The Labute approximate surface area is 127 Å². The monoisotopic (exact) mass is 283 g/mol. The molecule has 1 unspecified atom stereocenters. The maximum absolute atomic E-state index is 6.43. The zero-order chi connectivity index (χ0) is 15.2. The Kier molecular flexibility index (Phi) is 5.40. The number of hydrogen-bond donors (Lipinski definition) is 1. The summed E-state index contributed by atoms with van der Waals surface area (Å²) in [6.07, 6.45) is 1.08. The Bertz CT molecular complexity index is 577. The van der Waals surface area contributed by atoms with Gasteiger partial charge in [0.1, 0.15) is 5.75 Å². The summed E-state index contributed by atoms with van der Waals surface area (Å²) >= 11 is 0. The highest BCUT2D eigenvalue weighted by molar-refractivity contribution is 5.37. The van der Waals surface area contributed by atoms with Gasteiger partial charge in [-0.1, -0.05) is 50.2 Å². The van der Waals surface area contributed by atoms with Crippen LogP contribution in [0.4, 0.5) is 0 Å². The summed E-state index contributed by atoms with van der Waals surface area (Å²) in [5, 5.41) is 0. The Morgan fingerprint density at radius 1 is 1.00 bits per heavy atom. The molecule has 2 aromatic rings. The number of rotatable bonds is 6. The lowest BCUT2D eigenvalue weighted by Gasteiger charge is -2.15. The van der Waals surface area contributed by atoms with Gasteiger partial charge in [0.15, 0.2) is 0 Å². The van der Waals surface area contributed by atoms with Crippen LogP contribution in [0.2, 0.25) is 0 Å². The minimum Gasteiger partial charge on any atom is -0.494 e. The van der Waals surface area contributed by atoms with Gasteiger partial charge >= 0.3 is 0 Å². The molecule has 2 aromatic carbocycles. The fraction of sp³-hybridized carbons (Fsp3) is 0.368. The predicted octanol–water partition coefficient (Wildman–Crippen LogP) is 4.33. The molecule has 0 saturated heterocycles. The predicted molar refractivity (Wildman–Crippen MR) is 88.6 cm³/mol. The first-order valence-electron chi connectivity index (χ1n) is 7.67. The summed E-state index contributed by atoms with van der Waals surface area (Å²) in [6, 6.07) is 16.5. The highest BCUT2D eigenvalue weighted by atomic mass is 16.5. The molecule has 2 N–H and O–H groups in total. The normalized spacial score (nSPS) is 12.4. The van der Waals surface area contributed by atoms with Crippen molar-refractivity contribution in [3.05, 3.63) is 65.2 Å². The molecule has 0 amide bonds. The first-order chi connectivity index (χ1) is 10.1. The van der Waals surface area contributed by atoms with Crippen molar-refractivity contribution < 1.29 is 4.74 Å². The van der Waals surface area contributed by atoms with Crippen LogP contribution in [-0.2, 0) is 6.42 Å². The van der Waals surface area contributed by atoms with E-state index in [4.69, 9.17) is 10.5 Å². The Balaban J connectivity index is 2.22. The van der Waals surface area contributed by atoms with Gasteiger partial charge in [-0.3, -0.25) is 0 Å². The highest BCUT2D eigenvalue weighted by Crippen LogP contribution is 2.24. The summed E-state index contributed by atoms with van der Waals surface area (Å²) < 4.78 is 5.55. The quantitative estimate of drug-likeness (QED) is 0.856. The maximum Gasteiger partial charge on any atom is 0.119 e. The smallest absolute Gasteiger partial charge is 0.119 e. The lowest BCUT2D eigenvalue weighted by atomic mass is 9.95. The molecule has 21 heavy (non-hydrogen) atoms. The summed E-state index contributed by atoms with van der Waals surface area (Å²) in [5.74, 6) is 1.53. The van der Waals surface area contributed by atoms with Crippen LogP contribution in [0, 0.1) is 5.92 Å². The maximum atomic E-state index is 6.43. The molecule has 0 aliphatic rings. The second kappa shape index (κ2) is 7.28. The van der Waals surface area contributed by atoms with Crippen LogP contribution in [0.15, 0.2) is 48.5 Å². The number of hydrogen-bond acceptors (Lipinski definition) is 2. The minimum absolute atomic E-state index is 0.113. The van der Waals surface area contributed by atoms with Crippen LogP contribution in [0.3, 0.4) is 0 Å². The van der Waals surface area contributed by atoms with Gasteiger partial charge < -0.3 is 10.5 Å². The molecule has 2 heteroatoms. The topological polar surface area (TPSA) is 35.2 Å².